The van der Waals surface area contributed by atoms with E-state index in [9.17, 15) is 0 Å². The van der Waals surface area contributed by atoms with Gasteiger partial charge in [-0.3, -0.25) is 0 Å². The summed E-state index contributed by atoms with van der Waals surface area (Å²) >= 11 is 0. The van der Waals surface area contributed by atoms with E-state index >= 15 is 0 Å². The van der Waals surface area contributed by atoms with E-state index in [0.717, 1.165) is 25.1 Å². The summed E-state index contributed by atoms with van der Waals surface area (Å²) in [5, 5.41) is 11.1. The highest BCUT2D eigenvalue weighted by molar-refractivity contribution is 4.96. The van der Waals surface area contributed by atoms with Crippen LogP contribution < -0.4 is 11.1 Å². The lowest BCUT2D eigenvalue weighted by Gasteiger charge is -2.32. The second kappa shape index (κ2) is 3.43. The van der Waals surface area contributed by atoms with Gasteiger partial charge in [-0.2, -0.15) is 0 Å². The van der Waals surface area contributed by atoms with Gasteiger partial charge >= 0.3 is 0 Å². The van der Waals surface area contributed by atoms with Crippen molar-refractivity contribution in [3.8, 4) is 0 Å². The zero-order valence-electron chi connectivity index (χ0n) is 7.77. The van der Waals surface area contributed by atoms with Crippen LogP contribution in [0, 0.1) is 0 Å². The first-order chi connectivity index (χ1) is 6.31. The largest absolute Gasteiger partial charge is 0.326 e. The molecule has 1 aromatic heterocycles. The normalized spacial score (nSPS) is 27.2. The van der Waals surface area contributed by atoms with Crippen LogP contribution in [0.4, 0.5) is 0 Å². The molecule has 72 valence electrons. The molecule has 0 amide bonds. The molecule has 0 saturated heterocycles. The first kappa shape index (κ1) is 8.65. The van der Waals surface area contributed by atoms with Crippen LogP contribution in [-0.4, -0.2) is 28.1 Å². The molecule has 5 heteroatoms. The zero-order valence-corrected chi connectivity index (χ0v) is 7.77. The molecule has 2 atom stereocenters. The van der Waals surface area contributed by atoms with Crippen LogP contribution in [-0.2, 0) is 6.54 Å². The van der Waals surface area contributed by atoms with E-state index in [-0.39, 0.29) is 6.04 Å². The summed E-state index contributed by atoms with van der Waals surface area (Å²) in [5.41, 5.74) is 6.81. The SMILES string of the molecule is CNCc1cn(C2CCC2N)nn1. The lowest BCUT2D eigenvalue weighted by Crippen LogP contribution is -2.41. The monoisotopic (exact) mass is 181 g/mol. The van der Waals surface area contributed by atoms with Gasteiger partial charge in [0.15, 0.2) is 0 Å². The fourth-order valence-electron chi connectivity index (χ4n) is 1.57. The minimum atomic E-state index is 0.268. The van der Waals surface area contributed by atoms with Gasteiger partial charge in [-0.15, -0.1) is 5.10 Å². The summed E-state index contributed by atoms with van der Waals surface area (Å²) in [6.45, 7) is 0.766. The van der Waals surface area contributed by atoms with E-state index in [1.165, 1.54) is 0 Å². The Morgan fingerprint density at radius 3 is 3.08 bits per heavy atom. The van der Waals surface area contributed by atoms with Crippen molar-refractivity contribution in [2.24, 2.45) is 5.73 Å². The maximum absolute atomic E-state index is 5.83. The van der Waals surface area contributed by atoms with Crippen molar-refractivity contribution < 1.29 is 0 Å². The molecule has 1 aliphatic carbocycles. The highest BCUT2D eigenvalue weighted by Gasteiger charge is 2.29. The van der Waals surface area contributed by atoms with Crippen molar-refractivity contribution in [1.82, 2.24) is 20.3 Å². The third-order valence-corrected chi connectivity index (χ3v) is 2.55. The molecule has 1 fully saturated rings. The average Bonchev–Trinajstić information content (AvgIpc) is 2.51. The van der Waals surface area contributed by atoms with Crippen molar-refractivity contribution in [2.75, 3.05) is 7.05 Å². The third-order valence-electron chi connectivity index (χ3n) is 2.55. The van der Waals surface area contributed by atoms with Crippen LogP contribution in [0.5, 0.6) is 0 Å². The molecule has 0 aliphatic heterocycles. The lowest BCUT2D eigenvalue weighted by atomic mass is 9.87. The number of aromatic nitrogens is 3. The predicted molar refractivity (Wildman–Crippen MR) is 49.0 cm³/mol. The quantitative estimate of drug-likeness (QED) is 0.669. The van der Waals surface area contributed by atoms with Crippen LogP contribution >= 0.6 is 0 Å². The topological polar surface area (TPSA) is 68.8 Å². The maximum atomic E-state index is 5.83. The Hall–Kier alpha value is -0.940. The minimum absolute atomic E-state index is 0.268. The Bertz CT molecular complexity index is 282. The summed E-state index contributed by atoms with van der Waals surface area (Å²) in [7, 11) is 1.90. The molecule has 2 rings (SSSR count). The molecule has 1 aromatic rings. The lowest BCUT2D eigenvalue weighted by molar-refractivity contribution is 0.235. The van der Waals surface area contributed by atoms with Crippen LogP contribution in [0.2, 0.25) is 0 Å². The highest BCUT2D eigenvalue weighted by atomic mass is 15.4. The molecular formula is C8H15N5. The maximum Gasteiger partial charge on any atom is 0.0964 e. The summed E-state index contributed by atoms with van der Waals surface area (Å²) in [6, 6.07) is 0.641. The van der Waals surface area contributed by atoms with Crippen LogP contribution in [0.25, 0.3) is 0 Å². The number of nitrogens with two attached hydrogens (primary N) is 1. The van der Waals surface area contributed by atoms with Gasteiger partial charge in [0.25, 0.3) is 0 Å². The van der Waals surface area contributed by atoms with E-state index in [4.69, 9.17) is 5.73 Å². The fraction of sp³-hybridized carbons (Fsp3) is 0.750. The smallest absolute Gasteiger partial charge is 0.0964 e. The van der Waals surface area contributed by atoms with Crippen molar-refractivity contribution >= 4 is 0 Å². The van der Waals surface area contributed by atoms with Crippen LogP contribution in [0.15, 0.2) is 6.20 Å². The summed E-state index contributed by atoms with van der Waals surface area (Å²) in [4.78, 5) is 0. The van der Waals surface area contributed by atoms with E-state index in [1.54, 1.807) is 0 Å². The molecule has 1 aliphatic rings. The molecule has 0 bridgehead atoms. The Morgan fingerprint density at radius 1 is 1.69 bits per heavy atom. The second-order valence-electron chi connectivity index (χ2n) is 3.53. The Kier molecular flexibility index (Phi) is 2.28. The molecule has 0 spiro atoms. The Morgan fingerprint density at radius 2 is 2.54 bits per heavy atom. The molecular weight excluding hydrogens is 166 g/mol. The summed E-state index contributed by atoms with van der Waals surface area (Å²) in [6.07, 6.45) is 4.20. The Labute approximate surface area is 77.3 Å². The van der Waals surface area contributed by atoms with E-state index in [1.807, 2.05) is 17.9 Å². The first-order valence-electron chi connectivity index (χ1n) is 4.62. The third kappa shape index (κ3) is 1.57. The fourth-order valence-corrected chi connectivity index (χ4v) is 1.57. The minimum Gasteiger partial charge on any atom is -0.326 e. The summed E-state index contributed by atoms with van der Waals surface area (Å²) in [5.74, 6) is 0. The molecule has 5 nitrogen and oxygen atoms in total. The number of rotatable bonds is 3. The van der Waals surface area contributed by atoms with E-state index in [2.05, 4.69) is 15.6 Å². The number of hydrogen-bond acceptors (Lipinski definition) is 4. The Balaban J connectivity index is 2.04. The van der Waals surface area contributed by atoms with Gasteiger partial charge in [-0.25, -0.2) is 4.68 Å². The average molecular weight is 181 g/mol. The number of nitrogens with zero attached hydrogens (tertiary/aromatic N) is 3. The zero-order chi connectivity index (χ0) is 9.26. The van der Waals surface area contributed by atoms with Crippen molar-refractivity contribution in [3.05, 3.63) is 11.9 Å². The summed E-state index contributed by atoms with van der Waals surface area (Å²) < 4.78 is 1.89. The second-order valence-corrected chi connectivity index (χ2v) is 3.53. The van der Waals surface area contributed by atoms with Gasteiger partial charge in [-0.1, -0.05) is 5.21 Å². The van der Waals surface area contributed by atoms with Crippen LogP contribution in [0.1, 0.15) is 24.6 Å². The van der Waals surface area contributed by atoms with Gasteiger partial charge in [0, 0.05) is 12.6 Å². The molecule has 1 heterocycles. The standard InChI is InChI=1S/C8H15N5/c1-10-4-6-5-13(12-11-6)8-3-2-7(8)9/h5,7-8,10H,2-4,9H2,1H3. The van der Waals surface area contributed by atoms with Gasteiger partial charge in [0.1, 0.15) is 0 Å². The van der Waals surface area contributed by atoms with Gasteiger partial charge in [0.05, 0.1) is 17.9 Å². The molecule has 3 N–H and O–H groups in total. The van der Waals surface area contributed by atoms with Crippen molar-refractivity contribution in [2.45, 2.75) is 31.5 Å². The van der Waals surface area contributed by atoms with E-state index < -0.39 is 0 Å². The molecule has 0 radical (unpaired) electrons. The van der Waals surface area contributed by atoms with Crippen LogP contribution in [0.3, 0.4) is 0 Å². The number of nitrogens with one attached hydrogen (secondary N) is 1. The van der Waals surface area contributed by atoms with Gasteiger partial charge in [0.2, 0.25) is 0 Å². The van der Waals surface area contributed by atoms with E-state index in [0.29, 0.717) is 6.04 Å². The van der Waals surface area contributed by atoms with Gasteiger partial charge in [-0.05, 0) is 19.9 Å². The van der Waals surface area contributed by atoms with Crippen molar-refractivity contribution in [3.63, 3.8) is 0 Å². The number of hydrogen-bond donors (Lipinski definition) is 2. The van der Waals surface area contributed by atoms with Crippen molar-refractivity contribution in [1.29, 1.82) is 0 Å². The molecule has 0 aromatic carbocycles. The molecule has 1 saturated carbocycles. The molecule has 13 heavy (non-hydrogen) atoms. The predicted octanol–water partition coefficient (Wildman–Crippen LogP) is -0.340. The highest BCUT2D eigenvalue weighted by Crippen LogP contribution is 2.29. The first-order valence-corrected chi connectivity index (χ1v) is 4.62. The van der Waals surface area contributed by atoms with Gasteiger partial charge < -0.3 is 11.1 Å². The molecule has 2 unspecified atom stereocenters.